The Morgan fingerprint density at radius 2 is 2.15 bits per heavy atom. The summed E-state index contributed by atoms with van der Waals surface area (Å²) in [7, 11) is 0. The van der Waals surface area contributed by atoms with Crippen LogP contribution in [0.4, 0.5) is 5.82 Å². The standard InChI is InChI=1S/C20H21N5O2/c1-12-22-17(24-20(2)5-6-20)16-15(11-27-18(16)23-12)19(26)25-8-4-13-3-7-21-9-14(13)10-25/h3,7,9,11H,4-6,8,10H2,1-2H3,(H,22,23,24). The number of amides is 1. The second kappa shape index (κ2) is 5.77. The van der Waals surface area contributed by atoms with Crippen LogP contribution >= 0.6 is 0 Å². The van der Waals surface area contributed by atoms with E-state index >= 15 is 0 Å². The number of rotatable bonds is 3. The van der Waals surface area contributed by atoms with Crippen molar-refractivity contribution in [3.63, 3.8) is 0 Å². The molecule has 1 aliphatic carbocycles. The van der Waals surface area contributed by atoms with Gasteiger partial charge < -0.3 is 14.6 Å². The molecule has 0 radical (unpaired) electrons. The molecule has 0 spiro atoms. The van der Waals surface area contributed by atoms with Gasteiger partial charge >= 0.3 is 0 Å². The van der Waals surface area contributed by atoms with Crippen molar-refractivity contribution >= 4 is 22.8 Å². The summed E-state index contributed by atoms with van der Waals surface area (Å²) in [6.45, 7) is 5.22. The summed E-state index contributed by atoms with van der Waals surface area (Å²) in [6, 6.07) is 2.03. The first-order valence-corrected chi connectivity index (χ1v) is 9.27. The average molecular weight is 363 g/mol. The normalized spacial score (nSPS) is 17.6. The smallest absolute Gasteiger partial charge is 0.258 e. The van der Waals surface area contributed by atoms with Gasteiger partial charge in [0.15, 0.2) is 0 Å². The maximum Gasteiger partial charge on any atom is 0.258 e. The molecule has 1 amide bonds. The first kappa shape index (κ1) is 16.2. The van der Waals surface area contributed by atoms with Crippen LogP contribution in [0.5, 0.6) is 0 Å². The Hall–Kier alpha value is -2.96. The molecule has 3 aromatic rings. The fraction of sp³-hybridized carbons (Fsp3) is 0.400. The molecule has 1 N–H and O–H groups in total. The van der Waals surface area contributed by atoms with Gasteiger partial charge in [-0.05, 0) is 50.3 Å². The molecule has 138 valence electrons. The largest absolute Gasteiger partial charge is 0.445 e. The van der Waals surface area contributed by atoms with Gasteiger partial charge in [-0.2, -0.15) is 4.98 Å². The molecular formula is C20H21N5O2. The van der Waals surface area contributed by atoms with Crippen molar-refractivity contribution in [3.05, 3.63) is 47.2 Å². The van der Waals surface area contributed by atoms with Crippen molar-refractivity contribution in [1.29, 1.82) is 0 Å². The van der Waals surface area contributed by atoms with Crippen LogP contribution in [0.2, 0.25) is 0 Å². The summed E-state index contributed by atoms with van der Waals surface area (Å²) in [5.74, 6) is 1.26. The minimum atomic E-state index is -0.0558. The van der Waals surface area contributed by atoms with Crippen molar-refractivity contribution in [3.8, 4) is 0 Å². The van der Waals surface area contributed by atoms with E-state index in [1.54, 1.807) is 6.20 Å². The predicted molar refractivity (Wildman–Crippen MR) is 100 cm³/mol. The molecule has 1 fully saturated rings. The molecule has 0 bridgehead atoms. The number of aryl methyl sites for hydroxylation is 1. The van der Waals surface area contributed by atoms with Gasteiger partial charge in [0, 0.05) is 31.0 Å². The number of fused-ring (bicyclic) bond motifs is 2. The Kier molecular flexibility index (Phi) is 3.47. The van der Waals surface area contributed by atoms with Gasteiger partial charge in [-0.1, -0.05) is 0 Å². The molecule has 4 heterocycles. The minimum Gasteiger partial charge on any atom is -0.445 e. The Labute approximate surface area is 156 Å². The third-order valence-corrected chi connectivity index (χ3v) is 5.50. The van der Waals surface area contributed by atoms with E-state index < -0.39 is 0 Å². The number of carbonyl (C=O) groups is 1. The van der Waals surface area contributed by atoms with E-state index in [4.69, 9.17) is 4.42 Å². The highest BCUT2D eigenvalue weighted by Crippen LogP contribution is 2.40. The third-order valence-electron chi connectivity index (χ3n) is 5.50. The van der Waals surface area contributed by atoms with Gasteiger partial charge in [0.1, 0.15) is 17.9 Å². The number of anilines is 1. The first-order chi connectivity index (χ1) is 13.0. The van der Waals surface area contributed by atoms with Gasteiger partial charge in [-0.15, -0.1) is 0 Å². The van der Waals surface area contributed by atoms with Crippen molar-refractivity contribution in [2.75, 3.05) is 11.9 Å². The highest BCUT2D eigenvalue weighted by Gasteiger charge is 2.38. The monoisotopic (exact) mass is 363 g/mol. The Morgan fingerprint density at radius 3 is 2.96 bits per heavy atom. The number of hydrogen-bond donors (Lipinski definition) is 1. The zero-order valence-electron chi connectivity index (χ0n) is 15.5. The van der Waals surface area contributed by atoms with Crippen molar-refractivity contribution < 1.29 is 9.21 Å². The summed E-state index contributed by atoms with van der Waals surface area (Å²) in [5.41, 5.74) is 3.37. The number of furan rings is 1. The number of carbonyl (C=O) groups excluding carboxylic acids is 1. The molecular weight excluding hydrogens is 342 g/mol. The van der Waals surface area contributed by atoms with E-state index in [0.717, 1.165) is 24.8 Å². The van der Waals surface area contributed by atoms with Gasteiger partial charge in [-0.3, -0.25) is 9.78 Å². The van der Waals surface area contributed by atoms with Gasteiger partial charge in [0.25, 0.3) is 5.91 Å². The number of aromatic nitrogens is 3. The lowest BCUT2D eigenvalue weighted by atomic mass is 10.0. The zero-order valence-corrected chi connectivity index (χ0v) is 15.5. The fourth-order valence-electron chi connectivity index (χ4n) is 3.62. The molecule has 0 unspecified atom stereocenters. The summed E-state index contributed by atoms with van der Waals surface area (Å²) >= 11 is 0. The van der Waals surface area contributed by atoms with Crippen LogP contribution in [-0.2, 0) is 13.0 Å². The summed E-state index contributed by atoms with van der Waals surface area (Å²) in [6.07, 6.45) is 8.17. The topological polar surface area (TPSA) is 84.2 Å². The summed E-state index contributed by atoms with van der Waals surface area (Å²) in [4.78, 5) is 28.2. The van der Waals surface area contributed by atoms with Crippen LogP contribution in [-0.4, -0.2) is 37.8 Å². The Balaban J connectivity index is 1.52. The second-order valence-electron chi connectivity index (χ2n) is 7.76. The molecule has 1 aliphatic heterocycles. The van der Waals surface area contributed by atoms with Crippen molar-refractivity contribution in [2.45, 2.75) is 45.2 Å². The summed E-state index contributed by atoms with van der Waals surface area (Å²) in [5, 5.41) is 4.16. The van der Waals surface area contributed by atoms with Crippen LogP contribution in [0.25, 0.3) is 11.1 Å². The van der Waals surface area contributed by atoms with E-state index in [1.807, 2.05) is 24.1 Å². The molecule has 27 heavy (non-hydrogen) atoms. The maximum absolute atomic E-state index is 13.3. The van der Waals surface area contributed by atoms with Crippen LogP contribution in [0.15, 0.2) is 29.1 Å². The number of nitrogens with one attached hydrogen (secondary N) is 1. The quantitative estimate of drug-likeness (QED) is 0.770. The molecule has 7 nitrogen and oxygen atoms in total. The number of pyridine rings is 1. The van der Waals surface area contributed by atoms with E-state index in [-0.39, 0.29) is 11.4 Å². The third kappa shape index (κ3) is 2.83. The van der Waals surface area contributed by atoms with E-state index in [0.29, 0.717) is 41.4 Å². The van der Waals surface area contributed by atoms with Crippen molar-refractivity contribution in [2.24, 2.45) is 0 Å². The van der Waals surface area contributed by atoms with Crippen molar-refractivity contribution in [1.82, 2.24) is 19.9 Å². The molecule has 2 aliphatic rings. The lowest BCUT2D eigenvalue weighted by Crippen LogP contribution is -2.36. The van der Waals surface area contributed by atoms with Gasteiger partial charge in [0.05, 0.1) is 10.9 Å². The van der Waals surface area contributed by atoms with Gasteiger partial charge in [0.2, 0.25) is 5.71 Å². The average Bonchev–Trinajstić information content (AvgIpc) is 3.23. The van der Waals surface area contributed by atoms with E-state index in [1.165, 1.54) is 11.8 Å². The maximum atomic E-state index is 13.3. The molecule has 1 saturated carbocycles. The van der Waals surface area contributed by atoms with Crippen LogP contribution in [0.3, 0.4) is 0 Å². The minimum absolute atomic E-state index is 0.0427. The van der Waals surface area contributed by atoms with Crippen LogP contribution in [0, 0.1) is 6.92 Å². The zero-order chi connectivity index (χ0) is 18.6. The number of nitrogens with zero attached hydrogens (tertiary/aromatic N) is 4. The molecule has 3 aromatic heterocycles. The lowest BCUT2D eigenvalue weighted by Gasteiger charge is -2.28. The highest BCUT2D eigenvalue weighted by molar-refractivity contribution is 6.09. The molecule has 0 aromatic carbocycles. The van der Waals surface area contributed by atoms with E-state index in [9.17, 15) is 4.79 Å². The Morgan fingerprint density at radius 1 is 1.30 bits per heavy atom. The predicted octanol–water partition coefficient (Wildman–Crippen LogP) is 3.09. The molecule has 0 saturated heterocycles. The highest BCUT2D eigenvalue weighted by atomic mass is 16.3. The number of hydrogen-bond acceptors (Lipinski definition) is 6. The summed E-state index contributed by atoms with van der Waals surface area (Å²) < 4.78 is 5.64. The molecule has 7 heteroatoms. The second-order valence-corrected chi connectivity index (χ2v) is 7.76. The van der Waals surface area contributed by atoms with Crippen LogP contribution < -0.4 is 5.32 Å². The fourth-order valence-corrected chi connectivity index (χ4v) is 3.62. The van der Waals surface area contributed by atoms with Gasteiger partial charge in [-0.25, -0.2) is 4.98 Å². The SMILES string of the molecule is Cc1nc(NC2(C)CC2)c2c(C(=O)N3CCc4ccncc4C3)coc2n1. The van der Waals surface area contributed by atoms with E-state index in [2.05, 4.69) is 27.2 Å². The lowest BCUT2D eigenvalue weighted by molar-refractivity contribution is 0.0735. The van der Waals surface area contributed by atoms with Crippen LogP contribution in [0.1, 0.15) is 47.1 Å². The molecule has 0 atom stereocenters. The molecule has 5 rings (SSSR count). The first-order valence-electron chi connectivity index (χ1n) is 9.27. The Bertz CT molecular complexity index is 1050.